The number of hydrogen-bond acceptors (Lipinski definition) is 6. The zero-order valence-electron chi connectivity index (χ0n) is 17.1. The monoisotopic (exact) mass is 459 g/mol. The van der Waals surface area contributed by atoms with Gasteiger partial charge in [-0.25, -0.2) is 13.4 Å². The first-order valence-corrected chi connectivity index (χ1v) is 12.6. The van der Waals surface area contributed by atoms with E-state index < -0.39 is 10.0 Å². The Labute approximate surface area is 186 Å². The van der Waals surface area contributed by atoms with Crippen molar-refractivity contribution in [1.82, 2.24) is 14.6 Å². The van der Waals surface area contributed by atoms with Crippen LogP contribution in [0.1, 0.15) is 17.0 Å². The number of morpholine rings is 1. The fourth-order valence-electron chi connectivity index (χ4n) is 3.45. The number of carbonyl (C=O) groups excluding carboxylic acids is 1. The summed E-state index contributed by atoms with van der Waals surface area (Å²) in [6.45, 7) is 2.15. The van der Waals surface area contributed by atoms with Crippen LogP contribution in [0.2, 0.25) is 0 Å². The molecule has 0 unspecified atom stereocenters. The molecule has 31 heavy (non-hydrogen) atoms. The molecule has 0 atom stereocenters. The number of fused-ring (bicyclic) bond motifs is 1. The smallest absolute Gasteiger partial charge is 0.243 e. The Balaban J connectivity index is 1.23. The molecule has 0 radical (unpaired) electrons. The molecule has 164 valence electrons. The van der Waals surface area contributed by atoms with Crippen LogP contribution in [0.4, 0.5) is 0 Å². The van der Waals surface area contributed by atoms with Gasteiger partial charge in [0, 0.05) is 32.5 Å². The molecule has 0 bridgehead atoms. The van der Waals surface area contributed by atoms with E-state index in [4.69, 9.17) is 4.74 Å². The number of aryl methyl sites for hydroxylation is 1. The highest BCUT2D eigenvalue weighted by atomic mass is 32.2. The summed E-state index contributed by atoms with van der Waals surface area (Å²) < 4.78 is 33.1. The third-order valence-electron chi connectivity index (χ3n) is 5.17. The number of nitrogens with one attached hydrogen (secondary N) is 1. The molecule has 1 aliphatic heterocycles. The minimum atomic E-state index is -3.49. The number of ether oxygens (including phenoxy) is 1. The van der Waals surface area contributed by atoms with Gasteiger partial charge in [-0.15, -0.1) is 11.3 Å². The zero-order chi connectivity index (χ0) is 21.7. The number of thiazole rings is 1. The third kappa shape index (κ3) is 5.48. The summed E-state index contributed by atoms with van der Waals surface area (Å²) in [4.78, 5) is 17.0. The second-order valence-corrected chi connectivity index (χ2v) is 10.4. The first-order valence-electron chi connectivity index (χ1n) is 10.3. The Kier molecular flexibility index (Phi) is 6.96. The average Bonchev–Trinajstić information content (AvgIpc) is 3.21. The Morgan fingerprint density at radius 2 is 1.81 bits per heavy atom. The number of rotatable bonds is 8. The summed E-state index contributed by atoms with van der Waals surface area (Å²) in [5.74, 6) is -0.0221. The molecule has 0 saturated carbocycles. The number of carbonyl (C=O) groups is 1. The molecule has 1 aliphatic rings. The van der Waals surface area contributed by atoms with Crippen LogP contribution in [0.5, 0.6) is 0 Å². The van der Waals surface area contributed by atoms with Gasteiger partial charge in [-0.2, -0.15) is 4.31 Å². The minimum Gasteiger partial charge on any atom is -0.379 e. The molecule has 1 N–H and O–H groups in total. The molecule has 2 aromatic carbocycles. The molecule has 0 spiro atoms. The lowest BCUT2D eigenvalue weighted by Gasteiger charge is -2.26. The predicted octanol–water partition coefficient (Wildman–Crippen LogP) is 2.61. The highest BCUT2D eigenvalue weighted by molar-refractivity contribution is 7.89. The van der Waals surface area contributed by atoms with E-state index in [0.717, 1.165) is 20.8 Å². The van der Waals surface area contributed by atoms with Crippen molar-refractivity contribution in [3.05, 3.63) is 59.1 Å². The van der Waals surface area contributed by atoms with Gasteiger partial charge in [0.25, 0.3) is 0 Å². The Bertz CT molecular complexity index is 1100. The fourth-order valence-corrected chi connectivity index (χ4v) is 5.82. The third-order valence-corrected chi connectivity index (χ3v) is 8.18. The summed E-state index contributed by atoms with van der Waals surface area (Å²) >= 11 is 1.65. The molecule has 4 rings (SSSR count). The lowest BCUT2D eigenvalue weighted by molar-refractivity contribution is -0.121. The number of amides is 1. The molecule has 9 heteroatoms. The maximum Gasteiger partial charge on any atom is 0.243 e. The van der Waals surface area contributed by atoms with Crippen LogP contribution in [0.3, 0.4) is 0 Å². The van der Waals surface area contributed by atoms with Crippen LogP contribution in [-0.4, -0.2) is 56.5 Å². The molecular weight excluding hydrogens is 434 g/mol. The quantitative estimate of drug-likeness (QED) is 0.559. The number of nitrogens with zero attached hydrogens (tertiary/aromatic N) is 2. The van der Waals surface area contributed by atoms with E-state index in [-0.39, 0.29) is 10.8 Å². The van der Waals surface area contributed by atoms with Gasteiger partial charge in [0.15, 0.2) is 0 Å². The van der Waals surface area contributed by atoms with Crippen molar-refractivity contribution in [3.63, 3.8) is 0 Å². The summed E-state index contributed by atoms with van der Waals surface area (Å²) in [5, 5.41) is 3.95. The number of sulfonamides is 1. The highest BCUT2D eigenvalue weighted by Gasteiger charge is 2.26. The van der Waals surface area contributed by atoms with E-state index in [2.05, 4.69) is 10.3 Å². The second kappa shape index (κ2) is 9.86. The van der Waals surface area contributed by atoms with Gasteiger partial charge in [0.1, 0.15) is 0 Å². The predicted molar refractivity (Wildman–Crippen MR) is 121 cm³/mol. The van der Waals surface area contributed by atoms with Crippen molar-refractivity contribution in [3.8, 4) is 0 Å². The van der Waals surface area contributed by atoms with Crippen molar-refractivity contribution in [2.24, 2.45) is 0 Å². The normalized spacial score (nSPS) is 15.2. The molecule has 0 aliphatic carbocycles. The van der Waals surface area contributed by atoms with Gasteiger partial charge in [0.05, 0.1) is 33.3 Å². The zero-order valence-corrected chi connectivity index (χ0v) is 18.8. The van der Waals surface area contributed by atoms with E-state index in [1.165, 1.54) is 4.31 Å². The van der Waals surface area contributed by atoms with Gasteiger partial charge in [0.2, 0.25) is 15.9 Å². The maximum absolute atomic E-state index is 12.7. The van der Waals surface area contributed by atoms with Crippen molar-refractivity contribution in [2.75, 3.05) is 32.8 Å². The van der Waals surface area contributed by atoms with Crippen LogP contribution >= 0.6 is 11.3 Å². The summed E-state index contributed by atoms with van der Waals surface area (Å²) in [6.07, 6.45) is 1.62. The lowest BCUT2D eigenvalue weighted by atomic mass is 10.1. The van der Waals surface area contributed by atoms with Crippen LogP contribution in [-0.2, 0) is 32.4 Å². The van der Waals surface area contributed by atoms with E-state index in [9.17, 15) is 13.2 Å². The van der Waals surface area contributed by atoms with Crippen molar-refractivity contribution in [2.45, 2.75) is 24.2 Å². The lowest BCUT2D eigenvalue weighted by Crippen LogP contribution is -2.40. The van der Waals surface area contributed by atoms with Crippen molar-refractivity contribution in [1.29, 1.82) is 0 Å². The molecule has 3 aromatic rings. The van der Waals surface area contributed by atoms with Crippen LogP contribution in [0.15, 0.2) is 53.4 Å². The second-order valence-electron chi connectivity index (χ2n) is 7.34. The van der Waals surface area contributed by atoms with Gasteiger partial charge < -0.3 is 10.1 Å². The molecule has 1 aromatic heterocycles. The Morgan fingerprint density at radius 1 is 1.06 bits per heavy atom. The first kappa shape index (κ1) is 21.9. The SMILES string of the molecule is O=C(CCc1ccc(S(=O)(=O)N2CCOCC2)cc1)NCCc1nc2ccccc2s1. The first-order chi connectivity index (χ1) is 15.0. The van der Waals surface area contributed by atoms with Crippen molar-refractivity contribution >= 4 is 37.5 Å². The van der Waals surface area contributed by atoms with Crippen molar-refractivity contribution < 1.29 is 17.9 Å². The molecule has 1 saturated heterocycles. The summed E-state index contributed by atoms with van der Waals surface area (Å²) in [5.41, 5.74) is 1.93. The van der Waals surface area contributed by atoms with Gasteiger partial charge in [-0.1, -0.05) is 24.3 Å². The van der Waals surface area contributed by atoms with E-state index in [1.54, 1.807) is 35.6 Å². The molecule has 1 amide bonds. The van der Waals surface area contributed by atoms with Gasteiger partial charge in [-0.05, 0) is 36.2 Å². The fraction of sp³-hybridized carbons (Fsp3) is 0.364. The Hall–Kier alpha value is -2.33. The van der Waals surface area contributed by atoms with Gasteiger partial charge >= 0.3 is 0 Å². The van der Waals surface area contributed by atoms with Crippen LogP contribution in [0.25, 0.3) is 10.2 Å². The number of aromatic nitrogens is 1. The van der Waals surface area contributed by atoms with E-state index >= 15 is 0 Å². The number of benzene rings is 2. The van der Waals surface area contributed by atoms with E-state index in [0.29, 0.717) is 52.1 Å². The standard InChI is InChI=1S/C22H25N3O4S2/c26-21(23-12-11-22-24-19-3-1-2-4-20(19)30-22)10-7-17-5-8-18(9-6-17)31(27,28)25-13-15-29-16-14-25/h1-6,8-9H,7,10-16H2,(H,23,26). The molecule has 7 nitrogen and oxygen atoms in total. The molecule has 1 fully saturated rings. The summed E-state index contributed by atoms with van der Waals surface area (Å²) in [7, 11) is -3.49. The maximum atomic E-state index is 12.7. The van der Waals surface area contributed by atoms with Crippen LogP contribution in [0, 0.1) is 0 Å². The minimum absolute atomic E-state index is 0.0221. The average molecular weight is 460 g/mol. The molecular formula is C22H25N3O4S2. The topological polar surface area (TPSA) is 88.6 Å². The molecule has 2 heterocycles. The largest absolute Gasteiger partial charge is 0.379 e. The number of para-hydroxylation sites is 1. The van der Waals surface area contributed by atoms with E-state index in [1.807, 2.05) is 24.3 Å². The summed E-state index contributed by atoms with van der Waals surface area (Å²) in [6, 6.07) is 14.8. The highest BCUT2D eigenvalue weighted by Crippen LogP contribution is 2.21. The van der Waals surface area contributed by atoms with Crippen LogP contribution < -0.4 is 5.32 Å². The Morgan fingerprint density at radius 3 is 2.55 bits per heavy atom. The number of hydrogen-bond donors (Lipinski definition) is 1. The van der Waals surface area contributed by atoms with Gasteiger partial charge in [-0.3, -0.25) is 4.79 Å².